The number of nitrogens with zero attached hydrogens (tertiary/aromatic N) is 1. The Bertz CT molecular complexity index is 814. The van der Waals surface area contributed by atoms with Crippen molar-refractivity contribution in [3.8, 4) is 0 Å². The molecule has 6 rings (SSSR count). The van der Waals surface area contributed by atoms with Gasteiger partial charge in [0.25, 0.3) is 0 Å². The first-order valence-corrected chi connectivity index (χ1v) is 12.7. The highest BCUT2D eigenvalue weighted by Crippen LogP contribution is 2.80. The van der Waals surface area contributed by atoms with E-state index in [-0.39, 0.29) is 47.3 Å². The second-order valence-corrected chi connectivity index (χ2v) is 11.9. The minimum Gasteiger partial charge on any atom is -0.392 e. The summed E-state index contributed by atoms with van der Waals surface area (Å²) in [6.07, 6.45) is 1.06. The van der Waals surface area contributed by atoms with E-state index in [1.54, 1.807) is 28.4 Å². The van der Waals surface area contributed by atoms with Crippen LogP contribution < -0.4 is 0 Å². The molecule has 188 valence electrons. The van der Waals surface area contributed by atoms with Crippen molar-refractivity contribution >= 4 is 0 Å². The third-order valence-electron chi connectivity index (χ3n) is 11.5. The van der Waals surface area contributed by atoms with Crippen molar-refractivity contribution in [1.82, 2.24) is 4.90 Å². The zero-order valence-electron chi connectivity index (χ0n) is 20.6. The molecular formula is C25H41NO7. The van der Waals surface area contributed by atoms with Gasteiger partial charge in [0.2, 0.25) is 0 Å². The van der Waals surface area contributed by atoms with Crippen LogP contribution in [0.4, 0.5) is 0 Å². The zero-order chi connectivity index (χ0) is 23.6. The van der Waals surface area contributed by atoms with Gasteiger partial charge in [-0.1, -0.05) is 6.92 Å². The predicted octanol–water partition coefficient (Wildman–Crippen LogP) is 0.271. The van der Waals surface area contributed by atoms with Gasteiger partial charge in [0.15, 0.2) is 0 Å². The molecule has 5 aliphatic carbocycles. The molecule has 1 heterocycles. The number of likely N-dealkylation sites (tertiary alicyclic amines) is 1. The molecular weight excluding hydrogens is 426 g/mol. The van der Waals surface area contributed by atoms with Crippen LogP contribution in [0.25, 0.3) is 0 Å². The molecule has 1 saturated heterocycles. The highest BCUT2D eigenvalue weighted by molar-refractivity contribution is 5.41. The lowest BCUT2D eigenvalue weighted by Gasteiger charge is -2.69. The molecule has 8 nitrogen and oxygen atoms in total. The summed E-state index contributed by atoms with van der Waals surface area (Å²) in [5, 5.41) is 37.6. The van der Waals surface area contributed by atoms with Crippen molar-refractivity contribution in [2.75, 3.05) is 48.1 Å². The Morgan fingerprint density at radius 3 is 2.42 bits per heavy atom. The van der Waals surface area contributed by atoms with Gasteiger partial charge in [-0.2, -0.15) is 0 Å². The number of rotatable bonds is 6. The fraction of sp³-hybridized carbons (Fsp3) is 1.00. The van der Waals surface area contributed by atoms with Crippen LogP contribution in [-0.4, -0.2) is 110 Å². The van der Waals surface area contributed by atoms with Crippen LogP contribution in [-0.2, 0) is 18.9 Å². The van der Waals surface area contributed by atoms with Crippen LogP contribution in [0, 0.1) is 34.5 Å². The van der Waals surface area contributed by atoms with E-state index in [1.807, 2.05) is 0 Å². The van der Waals surface area contributed by atoms with E-state index in [9.17, 15) is 15.3 Å². The van der Waals surface area contributed by atoms with Crippen LogP contribution in [0.5, 0.6) is 0 Å². The molecule has 6 aliphatic rings. The van der Waals surface area contributed by atoms with Crippen molar-refractivity contribution in [2.45, 2.75) is 74.3 Å². The number of hydrogen-bond acceptors (Lipinski definition) is 8. The summed E-state index contributed by atoms with van der Waals surface area (Å²) in [6.45, 7) is 4.18. The van der Waals surface area contributed by atoms with Crippen molar-refractivity contribution in [2.24, 2.45) is 34.5 Å². The molecule has 6 fully saturated rings. The molecule has 1 aliphatic heterocycles. The largest absolute Gasteiger partial charge is 0.392 e. The average Bonchev–Trinajstić information content (AvgIpc) is 3.22. The van der Waals surface area contributed by atoms with E-state index in [1.165, 1.54) is 0 Å². The van der Waals surface area contributed by atoms with Crippen molar-refractivity contribution < 1.29 is 34.3 Å². The van der Waals surface area contributed by atoms with Gasteiger partial charge in [-0.25, -0.2) is 0 Å². The molecule has 0 radical (unpaired) electrons. The molecule has 5 saturated carbocycles. The van der Waals surface area contributed by atoms with Crippen LogP contribution in [0.15, 0.2) is 0 Å². The van der Waals surface area contributed by atoms with Gasteiger partial charge in [-0.3, -0.25) is 4.90 Å². The number of hydrogen-bond donors (Lipinski definition) is 3. The molecule has 7 bridgehead atoms. The molecule has 8 heteroatoms. The first kappa shape index (κ1) is 23.1. The number of methoxy groups -OCH3 is 4. The van der Waals surface area contributed by atoms with E-state index in [2.05, 4.69) is 11.8 Å². The van der Waals surface area contributed by atoms with Crippen LogP contribution in [0.1, 0.15) is 32.6 Å². The smallest absolute Gasteiger partial charge is 0.136 e. The van der Waals surface area contributed by atoms with Crippen molar-refractivity contribution in [3.63, 3.8) is 0 Å². The monoisotopic (exact) mass is 467 g/mol. The molecule has 0 aromatic carbocycles. The normalized spacial score (nSPS) is 60.9. The van der Waals surface area contributed by atoms with E-state index < -0.39 is 28.8 Å². The van der Waals surface area contributed by atoms with Gasteiger partial charge in [0, 0.05) is 70.0 Å². The maximum absolute atomic E-state index is 12.9. The number of fused-ring (bicyclic) bond motifs is 2. The Kier molecular flexibility index (Phi) is 4.99. The minimum atomic E-state index is -1.55. The first-order chi connectivity index (χ1) is 15.8. The second kappa shape index (κ2) is 7.13. The summed E-state index contributed by atoms with van der Waals surface area (Å²) in [5.74, 6) is -0.231. The maximum atomic E-state index is 12.9. The molecule has 0 unspecified atom stereocenters. The van der Waals surface area contributed by atoms with Crippen LogP contribution in [0.3, 0.4) is 0 Å². The first-order valence-electron chi connectivity index (χ1n) is 12.7. The van der Waals surface area contributed by atoms with E-state index in [0.29, 0.717) is 19.4 Å². The second-order valence-electron chi connectivity index (χ2n) is 11.9. The maximum Gasteiger partial charge on any atom is 0.136 e. The topological polar surface area (TPSA) is 101 Å². The summed E-state index contributed by atoms with van der Waals surface area (Å²) in [5.41, 5.74) is -3.82. The zero-order valence-corrected chi connectivity index (χ0v) is 20.6. The van der Waals surface area contributed by atoms with E-state index in [0.717, 1.165) is 25.9 Å². The minimum absolute atomic E-state index is 0.00825. The Morgan fingerprint density at radius 1 is 1.06 bits per heavy atom. The number of ether oxygens (including phenoxy) is 4. The SMILES string of the molecule is CCN1C[C@@]2(COC)CC[C@H](O)[C@@]34[C@@H]1[C@@](O)([C@@H](OC)[C@@H]23)[C@]1(O)C[C@@H](OC)[C@@H]2C[C@H]4[C@H]1[C@H]2OC. The third-order valence-corrected chi connectivity index (χ3v) is 11.5. The van der Waals surface area contributed by atoms with Crippen molar-refractivity contribution in [1.29, 1.82) is 0 Å². The Balaban J connectivity index is 1.67. The number of aliphatic hydroxyl groups is 3. The summed E-state index contributed by atoms with van der Waals surface area (Å²) in [7, 11) is 6.79. The fourth-order valence-electron chi connectivity index (χ4n) is 11.0. The van der Waals surface area contributed by atoms with Gasteiger partial charge < -0.3 is 34.3 Å². The quantitative estimate of drug-likeness (QED) is 0.512. The number of aliphatic hydroxyl groups excluding tert-OH is 1. The highest BCUT2D eigenvalue weighted by Gasteiger charge is 2.91. The standard InChI is InChI=1S/C25H41NO7/c1-6-26-11-22(12-30-2)8-7-16(27)24-14-9-13-15(31-3)10-23(28,17(14)18(13)32-4)25(29,21(24)26)20(33-5)19(22)24/h13-21,27-29H,6-12H2,1-5H3/t13-,14-,15+,16-,17-,18-,19-,20-,21+,22+,23-,24+,25-/m0/s1. The molecule has 33 heavy (non-hydrogen) atoms. The van der Waals surface area contributed by atoms with Crippen LogP contribution in [0.2, 0.25) is 0 Å². The van der Waals surface area contributed by atoms with E-state index >= 15 is 0 Å². The lowest BCUT2D eigenvalue weighted by molar-refractivity contribution is -0.318. The highest BCUT2D eigenvalue weighted by atomic mass is 16.5. The molecule has 0 aromatic heterocycles. The summed E-state index contributed by atoms with van der Waals surface area (Å²) < 4.78 is 24.0. The fourth-order valence-corrected chi connectivity index (χ4v) is 11.0. The number of likely N-dealkylation sites (N-methyl/N-ethyl adjacent to an activating group) is 1. The Labute approximate surface area is 196 Å². The van der Waals surface area contributed by atoms with Gasteiger partial charge in [-0.05, 0) is 31.7 Å². The van der Waals surface area contributed by atoms with Gasteiger partial charge >= 0.3 is 0 Å². The molecule has 0 aromatic rings. The summed E-state index contributed by atoms with van der Waals surface area (Å²) in [6, 6.07) is -0.386. The molecule has 0 amide bonds. The summed E-state index contributed by atoms with van der Waals surface area (Å²) in [4.78, 5) is 2.33. The molecule has 1 spiro atoms. The lowest BCUT2D eigenvalue weighted by atomic mass is 9.42. The van der Waals surface area contributed by atoms with Gasteiger partial charge in [0.05, 0.1) is 37.1 Å². The predicted molar refractivity (Wildman–Crippen MR) is 119 cm³/mol. The molecule has 13 atom stereocenters. The number of piperidine rings is 1. The summed E-state index contributed by atoms with van der Waals surface area (Å²) >= 11 is 0. The average molecular weight is 468 g/mol. The lowest BCUT2D eigenvalue weighted by Crippen LogP contribution is -2.82. The molecule has 3 N–H and O–H groups in total. The Morgan fingerprint density at radius 2 is 1.82 bits per heavy atom. The van der Waals surface area contributed by atoms with Crippen LogP contribution >= 0.6 is 0 Å². The van der Waals surface area contributed by atoms with Gasteiger partial charge in [-0.15, -0.1) is 0 Å². The Hall–Kier alpha value is -0.320. The third kappa shape index (κ3) is 2.20. The van der Waals surface area contributed by atoms with E-state index in [4.69, 9.17) is 18.9 Å². The van der Waals surface area contributed by atoms with Gasteiger partial charge in [0.1, 0.15) is 11.2 Å². The van der Waals surface area contributed by atoms with Crippen molar-refractivity contribution in [3.05, 3.63) is 0 Å².